The molecule has 4 N–H and O–H groups in total. The molecule has 5 atom stereocenters. The number of hydrogen-bond donors (Lipinski definition) is 4. The maximum absolute atomic E-state index is 13.1. The van der Waals surface area contributed by atoms with Crippen LogP contribution in [0.4, 0.5) is 0 Å². The summed E-state index contributed by atoms with van der Waals surface area (Å²) in [5, 5.41) is 20.7. The number of unbranched alkanes of at least 4 members (excludes halogenated alkanes) is 22. The van der Waals surface area contributed by atoms with Crippen LogP contribution in [0.3, 0.4) is 0 Å². The van der Waals surface area contributed by atoms with Crippen molar-refractivity contribution >= 4 is 33.6 Å². The van der Waals surface area contributed by atoms with Gasteiger partial charge in [-0.15, -0.1) is 0 Å². The minimum absolute atomic E-state index is 0.0618. The molecule has 0 aliphatic rings. The maximum Gasteiger partial charge on any atom is 0.472 e. The molecular weight excluding hydrogens is 1480 g/mol. The van der Waals surface area contributed by atoms with Gasteiger partial charge in [0.05, 0.1) is 26.4 Å². The lowest BCUT2D eigenvalue weighted by Crippen LogP contribution is -2.30. The fraction of sp³-hybridized carbons (Fsp3) is 0.598. The SMILES string of the molecule is CC/C=C\C/C=C\C/C=C\C/C=C\C/C=C\C/C=C\CCCCCCCCCCCCCCC(=O)OCC(O)COP(=O)(O)OCC(O)COP(=O)(O)OCC(COC(=O)CCCCCCCC/C=C\C/C=C\C/C=C\C/C=C\C/C=C\C/C=C\CC)OC(=O)CCCCCC/C=C\C/C=C\C/C=C\C/C=C\C/C=C\C/C=C\CC. The van der Waals surface area contributed by atoms with E-state index in [4.69, 9.17) is 32.3 Å². The van der Waals surface area contributed by atoms with Gasteiger partial charge in [-0.2, -0.15) is 0 Å². The van der Waals surface area contributed by atoms with Crippen LogP contribution >= 0.6 is 15.6 Å². The number of carbonyl (C=O) groups is 3. The van der Waals surface area contributed by atoms with Crippen molar-refractivity contribution in [2.45, 2.75) is 334 Å². The van der Waals surface area contributed by atoms with E-state index in [0.29, 0.717) is 19.3 Å². The van der Waals surface area contributed by atoms with Crippen molar-refractivity contribution in [2.75, 3.05) is 39.6 Å². The highest BCUT2D eigenvalue weighted by Gasteiger charge is 2.29. The van der Waals surface area contributed by atoms with Crippen LogP contribution in [0.2, 0.25) is 0 Å². The zero-order chi connectivity index (χ0) is 83.6. The number of carbonyl (C=O) groups excluding carboxylic acids is 3. The molecule has 18 heteroatoms. The van der Waals surface area contributed by atoms with Gasteiger partial charge in [0.25, 0.3) is 0 Å². The first kappa shape index (κ1) is 109. The Labute approximate surface area is 698 Å². The molecule has 0 aliphatic carbocycles. The van der Waals surface area contributed by atoms with Crippen molar-refractivity contribution in [3.05, 3.63) is 219 Å². The van der Waals surface area contributed by atoms with E-state index in [-0.39, 0.29) is 19.3 Å². The third kappa shape index (κ3) is 88.5. The molecule has 0 heterocycles. The Balaban J connectivity index is 4.69. The average Bonchev–Trinajstić information content (AvgIpc) is 0.903. The summed E-state index contributed by atoms with van der Waals surface area (Å²) < 4.78 is 61.4. The number of allylic oxidation sites excluding steroid dienone is 36. The van der Waals surface area contributed by atoms with Gasteiger partial charge in [-0.05, 0) is 173 Å². The second-order valence-corrected chi connectivity index (χ2v) is 31.5. The molecule has 16 nitrogen and oxygen atoms in total. The number of rotatable bonds is 81. The smallest absolute Gasteiger partial charge is 0.463 e. The summed E-state index contributed by atoms with van der Waals surface area (Å²) in [5.41, 5.74) is 0. The van der Waals surface area contributed by atoms with Gasteiger partial charge in [0, 0.05) is 19.3 Å². The lowest BCUT2D eigenvalue weighted by atomic mass is 10.0. The van der Waals surface area contributed by atoms with E-state index in [1.54, 1.807) is 0 Å². The lowest BCUT2D eigenvalue weighted by molar-refractivity contribution is -0.161. The van der Waals surface area contributed by atoms with E-state index < -0.39 is 91.5 Å². The Morgan fingerprint density at radius 1 is 0.243 bits per heavy atom. The predicted octanol–water partition coefficient (Wildman–Crippen LogP) is 27.0. The number of aliphatic hydroxyl groups is 2. The number of hydrogen-bond acceptors (Lipinski definition) is 14. The molecular formula is C97H156O16P2. The van der Waals surface area contributed by atoms with Gasteiger partial charge in [0.15, 0.2) is 6.10 Å². The molecule has 0 amide bonds. The monoisotopic (exact) mass is 1640 g/mol. The number of phosphoric acid groups is 2. The second-order valence-electron chi connectivity index (χ2n) is 28.5. The Morgan fingerprint density at radius 3 is 0.687 bits per heavy atom. The molecule has 115 heavy (non-hydrogen) atoms. The highest BCUT2D eigenvalue weighted by Crippen LogP contribution is 2.45. The average molecular weight is 1640 g/mol. The number of aliphatic hydroxyl groups excluding tert-OH is 2. The highest BCUT2D eigenvalue weighted by atomic mass is 31.2. The Hall–Kier alpha value is -6.13. The number of ether oxygens (including phenoxy) is 3. The first-order chi connectivity index (χ1) is 56.2. The third-order valence-corrected chi connectivity index (χ3v) is 19.6. The molecule has 0 aliphatic heterocycles. The number of esters is 3. The predicted molar refractivity (Wildman–Crippen MR) is 481 cm³/mol. The van der Waals surface area contributed by atoms with Crippen LogP contribution in [-0.4, -0.2) is 95.9 Å². The van der Waals surface area contributed by atoms with Crippen LogP contribution in [0.5, 0.6) is 0 Å². The minimum Gasteiger partial charge on any atom is -0.463 e. The van der Waals surface area contributed by atoms with Crippen molar-refractivity contribution in [1.29, 1.82) is 0 Å². The van der Waals surface area contributed by atoms with E-state index in [1.807, 2.05) is 0 Å². The van der Waals surface area contributed by atoms with Crippen LogP contribution in [0.15, 0.2) is 219 Å². The maximum atomic E-state index is 13.1. The summed E-state index contributed by atoms with van der Waals surface area (Å²) in [5.74, 6) is -1.63. The summed E-state index contributed by atoms with van der Waals surface area (Å²) in [6.45, 7) is 2.28. The van der Waals surface area contributed by atoms with Crippen molar-refractivity contribution in [3.8, 4) is 0 Å². The van der Waals surface area contributed by atoms with Crippen LogP contribution < -0.4 is 0 Å². The summed E-state index contributed by atoms with van der Waals surface area (Å²) in [7, 11) is -9.84. The van der Waals surface area contributed by atoms with E-state index in [9.17, 15) is 43.5 Å². The number of phosphoric ester groups is 2. The minimum atomic E-state index is -4.96. The molecule has 0 aromatic heterocycles. The lowest BCUT2D eigenvalue weighted by Gasteiger charge is -2.21. The quantitative estimate of drug-likeness (QED) is 0.0146. The van der Waals surface area contributed by atoms with Crippen molar-refractivity contribution in [1.82, 2.24) is 0 Å². The Bertz CT molecular complexity index is 2970. The molecule has 650 valence electrons. The largest absolute Gasteiger partial charge is 0.472 e. The van der Waals surface area contributed by atoms with Gasteiger partial charge < -0.3 is 34.2 Å². The van der Waals surface area contributed by atoms with E-state index in [2.05, 4.69) is 240 Å². The highest BCUT2D eigenvalue weighted by molar-refractivity contribution is 7.47. The molecule has 0 bridgehead atoms. The first-order valence-corrected chi connectivity index (χ1v) is 47.0. The zero-order valence-corrected chi connectivity index (χ0v) is 73.2. The van der Waals surface area contributed by atoms with Crippen LogP contribution in [-0.2, 0) is 55.8 Å². The molecule has 0 saturated carbocycles. The molecule has 0 aromatic rings. The first-order valence-electron chi connectivity index (χ1n) is 44.0. The van der Waals surface area contributed by atoms with Gasteiger partial charge in [-0.3, -0.25) is 32.5 Å². The Morgan fingerprint density at radius 2 is 0.435 bits per heavy atom. The zero-order valence-electron chi connectivity index (χ0n) is 71.4. The van der Waals surface area contributed by atoms with Crippen molar-refractivity contribution in [2.24, 2.45) is 0 Å². The van der Waals surface area contributed by atoms with Crippen LogP contribution in [0.1, 0.15) is 316 Å². The van der Waals surface area contributed by atoms with Crippen molar-refractivity contribution in [3.63, 3.8) is 0 Å². The van der Waals surface area contributed by atoms with E-state index in [0.717, 1.165) is 205 Å². The standard InChI is InChI=1S/C97H156O16P2/c1-4-7-10-13-16-19-22-25-28-31-34-37-40-42-43-44-45-46-47-49-52-53-56-59-62-65-68-71-74-77-80-83-95(100)107-86-92(98)87-109-114(103,104)110-88-93(99)89-111-115(105,106)112-91-94(113-97(102)85-82-79-76-73-70-67-64-61-58-55-50-39-36-33-30-27-24-21-18-15-12-9-6-3)90-108-96(101)84-81-78-75-72-69-66-63-60-57-54-51-48-41-38-35-32-29-26-23-20-17-14-11-8-5-2/h7-12,16-21,25-30,34-39,42-43,45-46,48,51,55,57-58,60,64,67,92-94,98-99H,4-6,13-15,22-24,31-33,40-41,44,47,49-50,52-54,56,59,61-63,65-66,68-91H2,1-3H3,(H,103,104)(H,105,106)/b10-7-,11-8-,12-9-,19-16-,20-17-,21-18-,28-25-,29-26-,30-27-,37-34-,38-35-,39-36-,43-42-,46-45-,51-48-,58-55-,60-57-,67-64-. The van der Waals surface area contributed by atoms with E-state index in [1.165, 1.54) is 51.4 Å². The van der Waals surface area contributed by atoms with Gasteiger partial charge >= 0.3 is 33.6 Å². The van der Waals surface area contributed by atoms with Gasteiger partial charge in [-0.1, -0.05) is 342 Å². The van der Waals surface area contributed by atoms with Crippen LogP contribution in [0.25, 0.3) is 0 Å². The molecule has 0 rings (SSSR count). The summed E-state index contributed by atoms with van der Waals surface area (Å²) in [4.78, 5) is 58.9. The second kappa shape index (κ2) is 87.2. The third-order valence-electron chi connectivity index (χ3n) is 17.7. The normalized spacial score (nSPS) is 14.9. The molecule has 0 fully saturated rings. The summed E-state index contributed by atoms with van der Waals surface area (Å²) in [6.07, 6.45) is 118. The summed E-state index contributed by atoms with van der Waals surface area (Å²) in [6, 6.07) is 0. The molecule has 0 saturated heterocycles. The summed E-state index contributed by atoms with van der Waals surface area (Å²) >= 11 is 0. The molecule has 0 spiro atoms. The molecule has 5 unspecified atom stereocenters. The van der Waals surface area contributed by atoms with Gasteiger partial charge in [-0.25, -0.2) is 9.13 Å². The van der Waals surface area contributed by atoms with Crippen LogP contribution in [0, 0.1) is 0 Å². The Kier molecular flexibility index (Phi) is 82.5. The van der Waals surface area contributed by atoms with Crippen molar-refractivity contribution < 1.29 is 75.8 Å². The van der Waals surface area contributed by atoms with Gasteiger partial charge in [0.2, 0.25) is 0 Å². The molecule has 0 aromatic carbocycles. The fourth-order valence-corrected chi connectivity index (χ4v) is 12.7. The van der Waals surface area contributed by atoms with Gasteiger partial charge in [0.1, 0.15) is 25.4 Å². The topological polar surface area (TPSA) is 231 Å². The van der Waals surface area contributed by atoms with E-state index >= 15 is 0 Å². The fourth-order valence-electron chi connectivity index (χ4n) is 11.1. The molecule has 0 radical (unpaired) electrons.